The van der Waals surface area contributed by atoms with E-state index in [-0.39, 0.29) is 5.54 Å². The van der Waals surface area contributed by atoms with Crippen molar-refractivity contribution < 1.29 is 4.74 Å². The molecular weight excluding hydrogens is 212 g/mol. The van der Waals surface area contributed by atoms with Crippen LogP contribution in [0.1, 0.15) is 12.5 Å². The van der Waals surface area contributed by atoms with Crippen LogP contribution in [0.25, 0.3) is 0 Å². The molecule has 0 radical (unpaired) electrons. The van der Waals surface area contributed by atoms with Crippen LogP contribution in [0.2, 0.25) is 0 Å². The lowest BCUT2D eigenvalue weighted by atomic mass is 9.87. The van der Waals surface area contributed by atoms with Gasteiger partial charge >= 0.3 is 0 Å². The molecule has 0 saturated carbocycles. The Kier molecular flexibility index (Phi) is 3.40. The number of methoxy groups -OCH3 is 1. The second kappa shape index (κ2) is 4.67. The Morgan fingerprint density at radius 1 is 1.18 bits per heavy atom. The van der Waals surface area contributed by atoms with Crippen molar-refractivity contribution in [3.63, 3.8) is 0 Å². The molecule has 17 heavy (non-hydrogen) atoms. The molecule has 1 fully saturated rings. The molecule has 3 heteroatoms. The number of hydrogen-bond acceptors (Lipinski definition) is 3. The van der Waals surface area contributed by atoms with Crippen molar-refractivity contribution in [1.82, 2.24) is 9.80 Å². The van der Waals surface area contributed by atoms with Gasteiger partial charge in [0.1, 0.15) is 5.75 Å². The Morgan fingerprint density at radius 3 is 2.59 bits per heavy atom. The van der Waals surface area contributed by atoms with Gasteiger partial charge in [0.05, 0.1) is 12.6 Å². The lowest BCUT2D eigenvalue weighted by molar-refractivity contribution is 0.0362. The van der Waals surface area contributed by atoms with Gasteiger partial charge in [-0.15, -0.1) is 0 Å². The highest BCUT2D eigenvalue weighted by molar-refractivity contribution is 5.39. The highest BCUT2D eigenvalue weighted by Gasteiger charge is 2.37. The molecule has 1 heterocycles. The third-order valence-electron chi connectivity index (χ3n) is 3.92. The Hall–Kier alpha value is -1.06. The van der Waals surface area contributed by atoms with E-state index in [4.69, 9.17) is 4.74 Å². The molecule has 2 rings (SSSR count). The van der Waals surface area contributed by atoms with Gasteiger partial charge in [0, 0.05) is 25.2 Å². The first-order valence-corrected chi connectivity index (χ1v) is 6.11. The van der Waals surface area contributed by atoms with E-state index in [0.29, 0.717) is 0 Å². The molecule has 0 spiro atoms. The highest BCUT2D eigenvalue weighted by Crippen LogP contribution is 2.36. The topological polar surface area (TPSA) is 15.7 Å². The van der Waals surface area contributed by atoms with Crippen molar-refractivity contribution in [2.24, 2.45) is 0 Å². The minimum atomic E-state index is 0.0274. The van der Waals surface area contributed by atoms with Gasteiger partial charge in [-0.25, -0.2) is 0 Å². The fourth-order valence-electron chi connectivity index (χ4n) is 2.67. The number of nitrogens with zero attached hydrogens (tertiary/aromatic N) is 2. The number of hydrogen-bond donors (Lipinski definition) is 0. The maximum absolute atomic E-state index is 5.50. The highest BCUT2D eigenvalue weighted by atomic mass is 16.5. The van der Waals surface area contributed by atoms with E-state index in [9.17, 15) is 0 Å². The number of benzene rings is 1. The zero-order valence-corrected chi connectivity index (χ0v) is 11.2. The fraction of sp³-hybridized carbons (Fsp3) is 0.571. The molecule has 3 nitrogen and oxygen atoms in total. The zero-order chi connectivity index (χ0) is 12.5. The number of ether oxygens (including phenoxy) is 1. The van der Waals surface area contributed by atoms with Gasteiger partial charge in [0.2, 0.25) is 0 Å². The van der Waals surface area contributed by atoms with Gasteiger partial charge in [0.15, 0.2) is 0 Å². The molecule has 0 bridgehead atoms. The predicted octanol–water partition coefficient (Wildman–Crippen LogP) is 1.79. The molecule has 1 saturated heterocycles. The number of rotatable bonds is 2. The summed E-state index contributed by atoms with van der Waals surface area (Å²) < 4.78 is 5.50. The third kappa shape index (κ3) is 2.17. The SMILES string of the molecule is COc1ccccc1C1(C)CN(C)CCN1C. The first-order valence-electron chi connectivity index (χ1n) is 6.11. The molecule has 1 aromatic carbocycles. The monoisotopic (exact) mass is 234 g/mol. The van der Waals surface area contributed by atoms with Crippen molar-refractivity contribution >= 4 is 0 Å². The van der Waals surface area contributed by atoms with E-state index >= 15 is 0 Å². The van der Waals surface area contributed by atoms with E-state index in [1.54, 1.807) is 7.11 Å². The largest absolute Gasteiger partial charge is 0.496 e. The molecule has 94 valence electrons. The molecule has 0 aliphatic carbocycles. The van der Waals surface area contributed by atoms with Crippen molar-refractivity contribution in [2.45, 2.75) is 12.5 Å². The maximum Gasteiger partial charge on any atom is 0.123 e. The molecule has 0 amide bonds. The normalized spacial score (nSPS) is 27.1. The second-order valence-electron chi connectivity index (χ2n) is 5.13. The van der Waals surface area contributed by atoms with Gasteiger partial charge in [-0.05, 0) is 27.1 Å². The van der Waals surface area contributed by atoms with Crippen LogP contribution in [0.4, 0.5) is 0 Å². The molecule has 1 aliphatic rings. The van der Waals surface area contributed by atoms with Crippen LogP contribution in [0.5, 0.6) is 5.75 Å². The Bertz CT molecular complexity index is 394. The van der Waals surface area contributed by atoms with Crippen molar-refractivity contribution in [3.05, 3.63) is 29.8 Å². The number of likely N-dealkylation sites (N-methyl/N-ethyl adjacent to an activating group) is 2. The van der Waals surface area contributed by atoms with E-state index in [1.807, 2.05) is 12.1 Å². The second-order valence-corrected chi connectivity index (χ2v) is 5.13. The van der Waals surface area contributed by atoms with Gasteiger partial charge in [-0.2, -0.15) is 0 Å². The lowest BCUT2D eigenvalue weighted by Crippen LogP contribution is -2.56. The smallest absolute Gasteiger partial charge is 0.123 e. The fourth-order valence-corrected chi connectivity index (χ4v) is 2.67. The summed E-state index contributed by atoms with van der Waals surface area (Å²) in [6.07, 6.45) is 0. The molecule has 1 atom stereocenters. The summed E-state index contributed by atoms with van der Waals surface area (Å²) in [7, 11) is 6.12. The van der Waals surface area contributed by atoms with Crippen LogP contribution in [-0.4, -0.2) is 50.6 Å². The van der Waals surface area contributed by atoms with E-state index < -0.39 is 0 Å². The average Bonchev–Trinajstić information content (AvgIpc) is 2.34. The van der Waals surface area contributed by atoms with Gasteiger partial charge in [0.25, 0.3) is 0 Å². The molecular formula is C14H22N2O. The molecule has 1 unspecified atom stereocenters. The molecule has 1 aromatic rings. The summed E-state index contributed by atoms with van der Waals surface area (Å²) in [6, 6.07) is 8.33. The van der Waals surface area contributed by atoms with Gasteiger partial charge in [-0.1, -0.05) is 18.2 Å². The van der Waals surface area contributed by atoms with Crippen LogP contribution in [0, 0.1) is 0 Å². The standard InChI is InChI=1S/C14H22N2O/c1-14(11-15(2)9-10-16(14)3)12-7-5-6-8-13(12)17-4/h5-8H,9-11H2,1-4H3. The van der Waals surface area contributed by atoms with Crippen LogP contribution in [0.3, 0.4) is 0 Å². The van der Waals surface area contributed by atoms with Crippen LogP contribution < -0.4 is 4.74 Å². The summed E-state index contributed by atoms with van der Waals surface area (Å²) >= 11 is 0. The molecule has 0 aromatic heterocycles. The summed E-state index contributed by atoms with van der Waals surface area (Å²) in [6.45, 7) is 5.54. The Labute approximate surface area is 104 Å². The van der Waals surface area contributed by atoms with Crippen molar-refractivity contribution in [2.75, 3.05) is 40.8 Å². The average molecular weight is 234 g/mol. The van der Waals surface area contributed by atoms with Crippen molar-refractivity contribution in [3.8, 4) is 5.75 Å². The minimum Gasteiger partial charge on any atom is -0.496 e. The summed E-state index contributed by atoms with van der Waals surface area (Å²) in [5.74, 6) is 0.983. The van der Waals surface area contributed by atoms with Crippen LogP contribution in [0.15, 0.2) is 24.3 Å². The lowest BCUT2D eigenvalue weighted by Gasteiger charge is -2.47. The third-order valence-corrected chi connectivity index (χ3v) is 3.92. The van der Waals surface area contributed by atoms with E-state index in [0.717, 1.165) is 25.4 Å². The molecule has 0 N–H and O–H groups in total. The minimum absolute atomic E-state index is 0.0274. The predicted molar refractivity (Wildman–Crippen MR) is 70.5 cm³/mol. The number of piperazine rings is 1. The summed E-state index contributed by atoms with van der Waals surface area (Å²) in [4.78, 5) is 4.80. The van der Waals surface area contributed by atoms with Gasteiger partial charge in [-0.3, -0.25) is 4.90 Å². The Balaban J connectivity index is 2.41. The van der Waals surface area contributed by atoms with Crippen LogP contribution >= 0.6 is 0 Å². The first kappa shape index (κ1) is 12.4. The van der Waals surface area contributed by atoms with E-state index in [2.05, 4.69) is 43.0 Å². The van der Waals surface area contributed by atoms with Gasteiger partial charge < -0.3 is 9.64 Å². The van der Waals surface area contributed by atoms with Crippen molar-refractivity contribution in [1.29, 1.82) is 0 Å². The maximum atomic E-state index is 5.50. The summed E-state index contributed by atoms with van der Waals surface area (Å²) in [5.41, 5.74) is 1.30. The van der Waals surface area contributed by atoms with Crippen LogP contribution in [-0.2, 0) is 5.54 Å². The first-order chi connectivity index (χ1) is 8.08. The van der Waals surface area contributed by atoms with E-state index in [1.165, 1.54) is 5.56 Å². The zero-order valence-electron chi connectivity index (χ0n) is 11.2. The summed E-state index contributed by atoms with van der Waals surface area (Å²) in [5, 5.41) is 0. The Morgan fingerprint density at radius 2 is 1.88 bits per heavy atom. The number of para-hydroxylation sites is 1. The molecule has 1 aliphatic heterocycles. The quantitative estimate of drug-likeness (QED) is 0.776.